The van der Waals surface area contributed by atoms with Crippen molar-refractivity contribution in [3.63, 3.8) is 0 Å². The minimum absolute atomic E-state index is 0.0566. The second-order valence-electron chi connectivity index (χ2n) is 4.93. The van der Waals surface area contributed by atoms with E-state index in [1.54, 1.807) is 0 Å². The van der Waals surface area contributed by atoms with E-state index < -0.39 is 0 Å². The predicted octanol–water partition coefficient (Wildman–Crippen LogP) is 0.855. The largest absolute Gasteiger partial charge is 0.371 e. The Bertz CT molecular complexity index is 347. The Kier molecular flexibility index (Phi) is 4.28. The fourth-order valence-corrected chi connectivity index (χ4v) is 2.14. The zero-order valence-electron chi connectivity index (χ0n) is 11.3. The summed E-state index contributed by atoms with van der Waals surface area (Å²) in [5.74, 6) is 2.09. The molecule has 0 amide bonds. The summed E-state index contributed by atoms with van der Waals surface area (Å²) in [5.41, 5.74) is 0. The summed E-state index contributed by atoms with van der Waals surface area (Å²) in [6.45, 7) is 9.63. The van der Waals surface area contributed by atoms with E-state index in [4.69, 9.17) is 0 Å². The lowest BCUT2D eigenvalue weighted by Gasteiger charge is -2.21. The molecule has 18 heavy (non-hydrogen) atoms. The smallest absolute Gasteiger partial charge is 0.109 e. The highest BCUT2D eigenvalue weighted by Crippen LogP contribution is 2.15. The third-order valence-corrected chi connectivity index (χ3v) is 2.95. The van der Waals surface area contributed by atoms with Crippen LogP contribution in [0.15, 0.2) is 20.2 Å². The van der Waals surface area contributed by atoms with Crippen molar-refractivity contribution >= 4 is 11.7 Å². The molecule has 1 atom stereocenters. The number of nitrogens with zero attached hydrogens (tertiary/aromatic N) is 4. The molecular formula is C12H22N6. The second kappa shape index (κ2) is 5.93. The van der Waals surface area contributed by atoms with E-state index in [1.165, 1.54) is 0 Å². The third kappa shape index (κ3) is 3.05. The summed E-state index contributed by atoms with van der Waals surface area (Å²) < 4.78 is 0. The fourth-order valence-electron chi connectivity index (χ4n) is 2.14. The lowest BCUT2D eigenvalue weighted by molar-refractivity contribution is 0.600. The van der Waals surface area contributed by atoms with E-state index in [9.17, 15) is 0 Å². The Morgan fingerprint density at radius 3 is 1.89 bits per heavy atom. The van der Waals surface area contributed by atoms with Crippen LogP contribution in [0.1, 0.15) is 20.8 Å². The summed E-state index contributed by atoms with van der Waals surface area (Å²) in [7, 11) is 0. The minimum atomic E-state index is 0.0566. The van der Waals surface area contributed by atoms with Gasteiger partial charge in [0.1, 0.15) is 11.7 Å². The second-order valence-corrected chi connectivity index (χ2v) is 4.93. The van der Waals surface area contributed by atoms with Crippen LogP contribution in [0.4, 0.5) is 0 Å². The maximum Gasteiger partial charge on any atom is 0.109 e. The lowest BCUT2D eigenvalue weighted by Crippen LogP contribution is -2.43. The van der Waals surface area contributed by atoms with Crippen LogP contribution < -0.4 is 10.6 Å². The Balaban J connectivity index is 2.13. The molecule has 0 saturated heterocycles. The molecule has 0 spiro atoms. The number of aliphatic imine (C=N–C) groups is 2. The zero-order chi connectivity index (χ0) is 13.0. The van der Waals surface area contributed by atoms with Gasteiger partial charge in [0.25, 0.3) is 0 Å². The van der Waals surface area contributed by atoms with Crippen LogP contribution in [-0.2, 0) is 0 Å². The van der Waals surface area contributed by atoms with Crippen LogP contribution in [0.2, 0.25) is 0 Å². The number of hydrogen-bond acceptors (Lipinski definition) is 6. The van der Waals surface area contributed by atoms with Gasteiger partial charge in [-0.05, 0) is 20.8 Å². The van der Waals surface area contributed by atoms with E-state index >= 15 is 0 Å². The molecule has 2 N–H and O–H groups in total. The van der Waals surface area contributed by atoms with Crippen molar-refractivity contribution in [3.8, 4) is 0 Å². The third-order valence-electron chi connectivity index (χ3n) is 2.95. The van der Waals surface area contributed by atoms with Gasteiger partial charge in [-0.2, -0.15) is 10.2 Å². The van der Waals surface area contributed by atoms with Crippen molar-refractivity contribution in [3.05, 3.63) is 0 Å². The normalized spacial score (nSPS) is 21.2. The van der Waals surface area contributed by atoms with Gasteiger partial charge in [0, 0.05) is 13.1 Å². The molecule has 0 fully saturated rings. The molecule has 0 radical (unpaired) electrons. The van der Waals surface area contributed by atoms with Crippen LogP contribution in [-0.4, -0.2) is 49.9 Å². The van der Waals surface area contributed by atoms with Crippen molar-refractivity contribution in [1.29, 1.82) is 0 Å². The van der Waals surface area contributed by atoms with Gasteiger partial charge < -0.3 is 10.6 Å². The molecule has 1 unspecified atom stereocenters. The molecule has 0 aromatic rings. The highest BCUT2D eigenvalue weighted by Gasteiger charge is 2.31. The lowest BCUT2D eigenvalue weighted by atomic mass is 9.99. The molecule has 0 aromatic carbocycles. The molecule has 0 saturated carbocycles. The van der Waals surface area contributed by atoms with Gasteiger partial charge in [-0.1, -0.05) is 0 Å². The topological polar surface area (TPSA) is 73.5 Å². The number of nitrogens with one attached hydrogen (secondary N) is 2. The Morgan fingerprint density at radius 1 is 0.944 bits per heavy atom. The SMILES string of the molecule is CC(C)N=NC(C)C(C1=NCCN1)C1=NCCN1. The highest BCUT2D eigenvalue weighted by molar-refractivity contribution is 6.07. The quantitative estimate of drug-likeness (QED) is 0.710. The minimum Gasteiger partial charge on any atom is -0.371 e. The molecule has 0 aromatic heterocycles. The van der Waals surface area contributed by atoms with Crippen LogP contribution in [0.5, 0.6) is 0 Å². The molecular weight excluding hydrogens is 228 g/mol. The molecule has 0 aliphatic carbocycles. The summed E-state index contributed by atoms with van der Waals surface area (Å²) in [6.07, 6.45) is 0. The molecule has 2 rings (SSSR count). The molecule has 2 heterocycles. The molecule has 2 aliphatic heterocycles. The van der Waals surface area contributed by atoms with E-state index in [0.29, 0.717) is 0 Å². The van der Waals surface area contributed by atoms with Crippen molar-refractivity contribution in [2.24, 2.45) is 26.1 Å². The standard InChI is InChI=1S/C12H22N6/c1-8(2)17-18-9(3)10(11-13-4-5-14-11)12-15-6-7-16-12/h8-10H,4-7H2,1-3H3,(H,13,14)(H,15,16). The first-order chi connectivity index (χ1) is 8.68. The van der Waals surface area contributed by atoms with E-state index in [1.807, 2.05) is 13.8 Å². The Labute approximate surface area is 108 Å². The van der Waals surface area contributed by atoms with Gasteiger partial charge in [-0.3, -0.25) is 9.98 Å². The number of rotatable bonds is 5. The van der Waals surface area contributed by atoms with Crippen LogP contribution in [0, 0.1) is 5.92 Å². The van der Waals surface area contributed by atoms with Crippen molar-refractivity contribution in [2.75, 3.05) is 26.2 Å². The Morgan fingerprint density at radius 2 is 1.50 bits per heavy atom. The van der Waals surface area contributed by atoms with Gasteiger partial charge in [-0.15, -0.1) is 0 Å². The van der Waals surface area contributed by atoms with E-state index in [2.05, 4.69) is 37.8 Å². The number of hydrogen-bond donors (Lipinski definition) is 2. The van der Waals surface area contributed by atoms with Gasteiger partial charge in [0.05, 0.1) is 31.1 Å². The van der Waals surface area contributed by atoms with Crippen LogP contribution in [0.25, 0.3) is 0 Å². The maximum atomic E-state index is 4.51. The molecule has 100 valence electrons. The van der Waals surface area contributed by atoms with Gasteiger partial charge in [0.15, 0.2) is 0 Å². The van der Waals surface area contributed by atoms with Crippen LogP contribution >= 0.6 is 0 Å². The van der Waals surface area contributed by atoms with E-state index in [-0.39, 0.29) is 18.0 Å². The van der Waals surface area contributed by atoms with Crippen molar-refractivity contribution < 1.29 is 0 Å². The number of amidine groups is 2. The van der Waals surface area contributed by atoms with Gasteiger partial charge in [0.2, 0.25) is 0 Å². The first-order valence-corrected chi connectivity index (χ1v) is 6.65. The zero-order valence-corrected chi connectivity index (χ0v) is 11.3. The van der Waals surface area contributed by atoms with Crippen LogP contribution in [0.3, 0.4) is 0 Å². The maximum absolute atomic E-state index is 4.51. The summed E-state index contributed by atoms with van der Waals surface area (Å²) in [6, 6.07) is 0.283. The summed E-state index contributed by atoms with van der Waals surface area (Å²) in [4.78, 5) is 9.02. The monoisotopic (exact) mass is 250 g/mol. The first kappa shape index (κ1) is 13.0. The van der Waals surface area contributed by atoms with E-state index in [0.717, 1.165) is 37.9 Å². The number of azo groups is 1. The van der Waals surface area contributed by atoms with Gasteiger partial charge >= 0.3 is 0 Å². The molecule has 6 nitrogen and oxygen atoms in total. The molecule has 2 aliphatic rings. The molecule has 6 heteroatoms. The summed E-state index contributed by atoms with van der Waals surface area (Å²) in [5, 5.41) is 15.3. The van der Waals surface area contributed by atoms with Crippen molar-refractivity contribution in [2.45, 2.75) is 32.9 Å². The molecule has 0 bridgehead atoms. The van der Waals surface area contributed by atoms with Gasteiger partial charge in [-0.25, -0.2) is 0 Å². The highest BCUT2D eigenvalue weighted by atomic mass is 15.2. The Hall–Kier alpha value is -1.46. The van der Waals surface area contributed by atoms with Crippen molar-refractivity contribution in [1.82, 2.24) is 10.6 Å². The average molecular weight is 250 g/mol. The average Bonchev–Trinajstić information content (AvgIpc) is 2.99. The fraction of sp³-hybridized carbons (Fsp3) is 0.833. The summed E-state index contributed by atoms with van der Waals surface area (Å²) >= 11 is 0. The predicted molar refractivity (Wildman–Crippen MR) is 73.6 cm³/mol. The first-order valence-electron chi connectivity index (χ1n) is 6.65.